The number of phenolic OH excluding ortho intramolecular Hbond substituents is 1. The number of fused-ring (bicyclic) bond motifs is 1. The van der Waals surface area contributed by atoms with Gasteiger partial charge in [0, 0.05) is 24.3 Å². The van der Waals surface area contributed by atoms with Crippen molar-refractivity contribution in [3.8, 4) is 5.75 Å². The Hall–Kier alpha value is -2.39. The number of aromatic nitrogens is 1. The summed E-state index contributed by atoms with van der Waals surface area (Å²) in [5.41, 5.74) is 1.92. The van der Waals surface area contributed by atoms with Crippen LogP contribution in [0.15, 0.2) is 60.8 Å². The smallest absolute Gasteiger partial charge is 0.120 e. The highest BCUT2D eigenvalue weighted by Gasteiger charge is 2.10. The van der Waals surface area contributed by atoms with Crippen LogP contribution in [0.3, 0.4) is 0 Å². The first kappa shape index (κ1) is 13.6. The zero-order valence-electron chi connectivity index (χ0n) is 12.0. The number of phenols is 1. The lowest BCUT2D eigenvalue weighted by molar-refractivity contribution is 0.461. The summed E-state index contributed by atoms with van der Waals surface area (Å²) in [6.45, 7) is 2.68. The van der Waals surface area contributed by atoms with Gasteiger partial charge in [-0.3, -0.25) is 4.98 Å². The van der Waals surface area contributed by atoms with Crippen LogP contribution in [0.4, 0.5) is 0 Å². The van der Waals surface area contributed by atoms with E-state index in [1.165, 1.54) is 0 Å². The van der Waals surface area contributed by atoms with Crippen molar-refractivity contribution >= 4 is 10.8 Å². The molecule has 106 valence electrons. The normalized spacial score (nSPS) is 12.4. The zero-order valence-corrected chi connectivity index (χ0v) is 12.0. The fourth-order valence-corrected chi connectivity index (χ4v) is 2.50. The summed E-state index contributed by atoms with van der Waals surface area (Å²) in [5.74, 6) is 0.328. The molecule has 21 heavy (non-hydrogen) atoms. The van der Waals surface area contributed by atoms with E-state index in [-0.39, 0.29) is 6.04 Å². The topological polar surface area (TPSA) is 45.1 Å². The van der Waals surface area contributed by atoms with Crippen LogP contribution in [0.25, 0.3) is 10.8 Å². The molecular formula is C18H18N2O. The van der Waals surface area contributed by atoms with Gasteiger partial charge in [0.2, 0.25) is 0 Å². The van der Waals surface area contributed by atoms with Gasteiger partial charge in [0.25, 0.3) is 0 Å². The van der Waals surface area contributed by atoms with Crippen molar-refractivity contribution in [3.63, 3.8) is 0 Å². The highest BCUT2D eigenvalue weighted by Crippen LogP contribution is 2.27. The standard InChI is InChI=1S/C18H18N2O/c1-13(17-8-4-5-11-19-17)20-12-16-15-7-3-2-6-14(15)9-10-18(16)21/h2-11,13,20-21H,12H2,1H3/t13-/m1/s1. The van der Waals surface area contributed by atoms with Crippen LogP contribution < -0.4 is 5.32 Å². The number of aromatic hydroxyl groups is 1. The van der Waals surface area contributed by atoms with Crippen molar-refractivity contribution in [1.82, 2.24) is 10.3 Å². The monoisotopic (exact) mass is 278 g/mol. The van der Waals surface area contributed by atoms with Crippen molar-refractivity contribution in [2.75, 3.05) is 0 Å². The highest BCUT2D eigenvalue weighted by molar-refractivity contribution is 5.87. The van der Waals surface area contributed by atoms with E-state index in [1.807, 2.05) is 42.5 Å². The molecule has 0 radical (unpaired) electrons. The van der Waals surface area contributed by atoms with Gasteiger partial charge in [0.05, 0.1) is 5.69 Å². The molecule has 0 aliphatic carbocycles. The molecule has 1 aromatic heterocycles. The fraction of sp³-hybridized carbons (Fsp3) is 0.167. The third-order valence-electron chi connectivity index (χ3n) is 3.73. The molecule has 3 rings (SSSR count). The summed E-state index contributed by atoms with van der Waals surface area (Å²) in [5, 5.41) is 15.8. The van der Waals surface area contributed by atoms with Gasteiger partial charge in [0.15, 0.2) is 0 Å². The third kappa shape index (κ3) is 2.88. The van der Waals surface area contributed by atoms with Gasteiger partial charge in [-0.05, 0) is 35.9 Å². The molecule has 0 aliphatic rings. The molecule has 3 aromatic rings. The Morgan fingerprint density at radius 3 is 2.67 bits per heavy atom. The molecule has 0 fully saturated rings. The Morgan fingerprint density at radius 1 is 1.05 bits per heavy atom. The number of hydrogen-bond donors (Lipinski definition) is 2. The largest absolute Gasteiger partial charge is 0.508 e. The van der Waals surface area contributed by atoms with Gasteiger partial charge < -0.3 is 10.4 Å². The van der Waals surface area contributed by atoms with Crippen molar-refractivity contribution < 1.29 is 5.11 Å². The molecule has 0 aliphatic heterocycles. The quantitative estimate of drug-likeness (QED) is 0.763. The first-order chi connectivity index (χ1) is 10.3. The Bertz CT molecular complexity index is 741. The SMILES string of the molecule is C[C@@H](NCc1c(O)ccc2ccccc12)c1ccccn1. The van der Waals surface area contributed by atoms with E-state index in [0.29, 0.717) is 12.3 Å². The summed E-state index contributed by atoms with van der Waals surface area (Å²) in [6.07, 6.45) is 1.79. The molecule has 0 saturated heterocycles. The van der Waals surface area contributed by atoms with Crippen LogP contribution >= 0.6 is 0 Å². The van der Waals surface area contributed by atoms with E-state index in [4.69, 9.17) is 0 Å². The van der Waals surface area contributed by atoms with Crippen LogP contribution in [0.1, 0.15) is 24.2 Å². The summed E-state index contributed by atoms with van der Waals surface area (Å²) >= 11 is 0. The predicted molar refractivity (Wildman–Crippen MR) is 85.1 cm³/mol. The average molecular weight is 278 g/mol. The van der Waals surface area contributed by atoms with E-state index in [1.54, 1.807) is 12.3 Å². The van der Waals surface area contributed by atoms with Crippen LogP contribution in [0, 0.1) is 0 Å². The van der Waals surface area contributed by atoms with Crippen LogP contribution in [-0.4, -0.2) is 10.1 Å². The number of hydrogen-bond acceptors (Lipinski definition) is 3. The van der Waals surface area contributed by atoms with Gasteiger partial charge in [-0.1, -0.05) is 36.4 Å². The molecule has 0 bridgehead atoms. The predicted octanol–water partition coefficient (Wildman–Crippen LogP) is 3.79. The van der Waals surface area contributed by atoms with Crippen molar-refractivity contribution in [1.29, 1.82) is 0 Å². The number of benzene rings is 2. The van der Waals surface area contributed by atoms with Gasteiger partial charge in [-0.15, -0.1) is 0 Å². The second kappa shape index (κ2) is 5.94. The Balaban J connectivity index is 1.84. The van der Waals surface area contributed by atoms with Crippen LogP contribution in [0.2, 0.25) is 0 Å². The minimum atomic E-state index is 0.129. The zero-order chi connectivity index (χ0) is 14.7. The maximum Gasteiger partial charge on any atom is 0.120 e. The van der Waals surface area contributed by atoms with Crippen LogP contribution in [0.5, 0.6) is 5.75 Å². The van der Waals surface area contributed by atoms with Gasteiger partial charge in [-0.2, -0.15) is 0 Å². The maximum atomic E-state index is 10.1. The van der Waals surface area contributed by atoms with Gasteiger partial charge in [-0.25, -0.2) is 0 Å². The molecule has 3 heteroatoms. The average Bonchev–Trinajstić information content (AvgIpc) is 2.54. The Labute approximate surface area is 124 Å². The third-order valence-corrected chi connectivity index (χ3v) is 3.73. The second-order valence-corrected chi connectivity index (χ2v) is 5.14. The number of nitrogens with zero attached hydrogens (tertiary/aromatic N) is 1. The molecule has 2 N–H and O–H groups in total. The lowest BCUT2D eigenvalue weighted by Crippen LogP contribution is -2.19. The first-order valence-electron chi connectivity index (χ1n) is 7.09. The van der Waals surface area contributed by atoms with E-state index in [9.17, 15) is 5.11 Å². The Morgan fingerprint density at radius 2 is 1.86 bits per heavy atom. The molecule has 0 unspecified atom stereocenters. The highest BCUT2D eigenvalue weighted by atomic mass is 16.3. The summed E-state index contributed by atoms with van der Waals surface area (Å²) in [6, 6.07) is 17.8. The fourth-order valence-electron chi connectivity index (χ4n) is 2.50. The minimum Gasteiger partial charge on any atom is -0.508 e. The van der Waals surface area contributed by atoms with E-state index >= 15 is 0 Å². The molecule has 1 atom stereocenters. The minimum absolute atomic E-state index is 0.129. The Kier molecular flexibility index (Phi) is 3.84. The molecule has 3 nitrogen and oxygen atoms in total. The molecule has 0 saturated carbocycles. The van der Waals surface area contributed by atoms with Crippen molar-refractivity contribution in [3.05, 3.63) is 72.1 Å². The second-order valence-electron chi connectivity index (χ2n) is 5.14. The lowest BCUT2D eigenvalue weighted by Gasteiger charge is -2.15. The summed E-state index contributed by atoms with van der Waals surface area (Å²) < 4.78 is 0. The molecule has 1 heterocycles. The number of pyridine rings is 1. The van der Waals surface area contributed by atoms with E-state index in [2.05, 4.69) is 23.3 Å². The maximum absolute atomic E-state index is 10.1. The van der Waals surface area contributed by atoms with Gasteiger partial charge in [0.1, 0.15) is 5.75 Å². The summed E-state index contributed by atoms with van der Waals surface area (Å²) in [7, 11) is 0. The lowest BCUT2D eigenvalue weighted by atomic mass is 10.0. The molecular weight excluding hydrogens is 260 g/mol. The molecule has 0 amide bonds. The van der Waals surface area contributed by atoms with Crippen LogP contribution in [-0.2, 0) is 6.54 Å². The first-order valence-corrected chi connectivity index (χ1v) is 7.09. The van der Waals surface area contributed by atoms with E-state index in [0.717, 1.165) is 22.0 Å². The van der Waals surface area contributed by atoms with Crippen molar-refractivity contribution in [2.45, 2.75) is 19.5 Å². The molecule has 0 spiro atoms. The van der Waals surface area contributed by atoms with E-state index < -0.39 is 0 Å². The molecule has 2 aromatic carbocycles. The number of nitrogens with one attached hydrogen (secondary N) is 1. The summed E-state index contributed by atoms with van der Waals surface area (Å²) in [4.78, 5) is 4.35. The van der Waals surface area contributed by atoms with Gasteiger partial charge >= 0.3 is 0 Å². The van der Waals surface area contributed by atoms with Crippen molar-refractivity contribution in [2.24, 2.45) is 0 Å². The number of rotatable bonds is 4.